The van der Waals surface area contributed by atoms with Crippen molar-refractivity contribution in [2.45, 2.75) is 81.5 Å². The van der Waals surface area contributed by atoms with Crippen molar-refractivity contribution >= 4 is 10.8 Å². The third kappa shape index (κ3) is 2.34. The van der Waals surface area contributed by atoms with Gasteiger partial charge < -0.3 is 10.5 Å². The number of hydrogen-bond donors (Lipinski definition) is 1. The summed E-state index contributed by atoms with van der Waals surface area (Å²) >= 11 is 0. The number of rotatable bonds is 1. The van der Waals surface area contributed by atoms with Gasteiger partial charge in [-0.2, -0.15) is 0 Å². The predicted molar refractivity (Wildman–Crippen MR) is 124 cm³/mol. The van der Waals surface area contributed by atoms with Crippen LogP contribution in [-0.4, -0.2) is 22.2 Å². The molecule has 31 heavy (non-hydrogen) atoms. The molecular formula is C28H32N2O. The summed E-state index contributed by atoms with van der Waals surface area (Å²) in [7, 11) is 0. The predicted octanol–water partition coefficient (Wildman–Crippen LogP) is 5.80. The lowest BCUT2D eigenvalue weighted by Crippen LogP contribution is -2.54. The van der Waals surface area contributed by atoms with E-state index in [1.54, 1.807) is 0 Å². The lowest BCUT2D eigenvalue weighted by molar-refractivity contribution is -0.135. The van der Waals surface area contributed by atoms with E-state index in [-0.39, 0.29) is 22.7 Å². The van der Waals surface area contributed by atoms with Gasteiger partial charge in [-0.05, 0) is 103 Å². The van der Waals surface area contributed by atoms with Crippen LogP contribution in [0.5, 0.6) is 0 Å². The van der Waals surface area contributed by atoms with Crippen molar-refractivity contribution in [2.24, 2.45) is 17.1 Å². The Morgan fingerprint density at radius 3 is 2.97 bits per heavy atom. The van der Waals surface area contributed by atoms with Crippen LogP contribution in [0, 0.1) is 11.3 Å². The zero-order chi connectivity index (χ0) is 20.8. The Hall–Kier alpha value is -1.97. The molecular weight excluding hydrogens is 380 g/mol. The van der Waals surface area contributed by atoms with Gasteiger partial charge in [0.25, 0.3) is 0 Å². The molecule has 160 valence electrons. The standard InChI is InChI=1S/C28H32N2O/c1-26-10-8-22-15-21-4-5-23(29)16-27(21)11-12-28(22,31-27)25(26)7-6-24(26)19-3-2-18-9-13-30-17-20(18)14-19/h2-3,8-9,13-15,17,23-25H,4-7,10-12,16,29H2,1H3/t23-,24+,25+,26+,27+,28?/m0/s1. The first-order valence-corrected chi connectivity index (χ1v) is 12.2. The lowest BCUT2D eigenvalue weighted by Gasteiger charge is -2.54. The fraction of sp³-hybridized carbons (Fsp3) is 0.536. The Balaban J connectivity index is 1.31. The van der Waals surface area contributed by atoms with Crippen molar-refractivity contribution in [3.63, 3.8) is 0 Å². The van der Waals surface area contributed by atoms with Crippen molar-refractivity contribution in [3.05, 3.63) is 65.5 Å². The van der Waals surface area contributed by atoms with Crippen LogP contribution in [0.3, 0.4) is 0 Å². The minimum absolute atomic E-state index is 0.0695. The van der Waals surface area contributed by atoms with Crippen molar-refractivity contribution in [1.82, 2.24) is 4.98 Å². The summed E-state index contributed by atoms with van der Waals surface area (Å²) in [4.78, 5) is 4.36. The Bertz CT molecular complexity index is 1150. The van der Waals surface area contributed by atoms with Crippen LogP contribution in [0.1, 0.15) is 69.8 Å². The molecule has 2 bridgehead atoms. The number of allylic oxidation sites excluding steroid dienone is 1. The number of pyridine rings is 1. The van der Waals surface area contributed by atoms with E-state index >= 15 is 0 Å². The minimum Gasteiger partial charge on any atom is -0.359 e. The number of fused-ring (bicyclic) bond motifs is 2. The third-order valence-corrected chi connectivity index (χ3v) is 9.79. The normalized spacial score (nSPS) is 43.1. The van der Waals surface area contributed by atoms with Crippen molar-refractivity contribution in [1.29, 1.82) is 0 Å². The van der Waals surface area contributed by atoms with E-state index in [0.29, 0.717) is 11.8 Å². The average molecular weight is 413 g/mol. The number of aromatic nitrogens is 1. The molecule has 2 spiro atoms. The maximum Gasteiger partial charge on any atom is 0.0974 e. The Morgan fingerprint density at radius 1 is 1.10 bits per heavy atom. The first-order valence-electron chi connectivity index (χ1n) is 12.2. The second kappa shape index (κ2) is 6.08. The molecule has 5 aliphatic rings. The summed E-state index contributed by atoms with van der Waals surface area (Å²) in [6.45, 7) is 2.55. The maximum absolute atomic E-state index is 7.26. The molecule has 3 fully saturated rings. The molecule has 6 atom stereocenters. The minimum atomic E-state index is -0.0826. The third-order valence-electron chi connectivity index (χ3n) is 9.79. The van der Waals surface area contributed by atoms with Crippen molar-refractivity contribution in [3.8, 4) is 0 Å². The largest absolute Gasteiger partial charge is 0.359 e. The van der Waals surface area contributed by atoms with Crippen LogP contribution >= 0.6 is 0 Å². The van der Waals surface area contributed by atoms with Gasteiger partial charge in [-0.25, -0.2) is 0 Å². The Morgan fingerprint density at radius 2 is 2.03 bits per heavy atom. The fourth-order valence-electron chi connectivity index (χ4n) is 8.31. The van der Waals surface area contributed by atoms with Gasteiger partial charge in [-0.15, -0.1) is 0 Å². The fourth-order valence-corrected chi connectivity index (χ4v) is 8.31. The monoisotopic (exact) mass is 412 g/mol. The number of nitrogens with two attached hydrogens (primary N) is 1. The molecule has 1 aromatic carbocycles. The van der Waals surface area contributed by atoms with Crippen molar-refractivity contribution in [2.75, 3.05) is 0 Å². The molecule has 7 rings (SSSR count). The molecule has 2 aromatic rings. The molecule has 3 aliphatic carbocycles. The highest BCUT2D eigenvalue weighted by Crippen LogP contribution is 2.69. The van der Waals surface area contributed by atoms with E-state index in [1.165, 1.54) is 46.7 Å². The smallest absolute Gasteiger partial charge is 0.0974 e. The molecule has 2 aliphatic heterocycles. The van der Waals surface area contributed by atoms with Crippen molar-refractivity contribution < 1.29 is 4.74 Å². The quantitative estimate of drug-likeness (QED) is 0.643. The first kappa shape index (κ1) is 18.6. The number of hydrogen-bond acceptors (Lipinski definition) is 3. The number of nitrogens with zero attached hydrogens (tertiary/aromatic N) is 1. The van der Waals surface area contributed by atoms with Crippen LogP contribution in [0.15, 0.2) is 60.0 Å². The van der Waals surface area contributed by atoms with E-state index in [4.69, 9.17) is 10.5 Å². The van der Waals surface area contributed by atoms with E-state index in [1.807, 2.05) is 12.4 Å². The SMILES string of the molecule is C[C@]12CC=C3C=C4CC[C@H](N)C[C@]45CCC3(O5)[C@@H]1CC[C@@H]2c1ccc2ccncc2c1. The topological polar surface area (TPSA) is 48.1 Å². The van der Waals surface area contributed by atoms with Gasteiger partial charge in [0.2, 0.25) is 0 Å². The molecule has 1 unspecified atom stereocenters. The van der Waals surface area contributed by atoms with Crippen LogP contribution < -0.4 is 5.73 Å². The summed E-state index contributed by atoms with van der Waals surface area (Å²) in [6, 6.07) is 9.45. The summed E-state index contributed by atoms with van der Waals surface area (Å²) in [5, 5.41) is 2.54. The molecule has 3 heteroatoms. The van der Waals surface area contributed by atoms with Crippen LogP contribution in [0.2, 0.25) is 0 Å². The highest BCUT2D eigenvalue weighted by Gasteiger charge is 2.66. The van der Waals surface area contributed by atoms with E-state index in [0.717, 1.165) is 32.1 Å². The molecule has 2 saturated carbocycles. The van der Waals surface area contributed by atoms with E-state index < -0.39 is 0 Å². The molecule has 3 nitrogen and oxygen atoms in total. The summed E-state index contributed by atoms with van der Waals surface area (Å²) in [6.07, 6.45) is 18.2. The van der Waals surface area contributed by atoms with Gasteiger partial charge in [0, 0.05) is 23.8 Å². The van der Waals surface area contributed by atoms with Gasteiger partial charge in [0.15, 0.2) is 0 Å². The summed E-state index contributed by atoms with van der Waals surface area (Å²) in [5.74, 6) is 1.17. The lowest BCUT2D eigenvalue weighted by atomic mass is 9.58. The summed E-state index contributed by atoms with van der Waals surface area (Å²) in [5.41, 5.74) is 11.0. The van der Waals surface area contributed by atoms with Crippen LogP contribution in [0.4, 0.5) is 0 Å². The van der Waals surface area contributed by atoms with Crippen LogP contribution in [-0.2, 0) is 4.74 Å². The van der Waals surface area contributed by atoms with Crippen LogP contribution in [0.25, 0.3) is 10.8 Å². The van der Waals surface area contributed by atoms with Gasteiger partial charge >= 0.3 is 0 Å². The molecule has 2 N–H and O–H groups in total. The summed E-state index contributed by atoms with van der Waals surface area (Å²) < 4.78 is 7.26. The average Bonchev–Trinajstić information content (AvgIpc) is 3.28. The highest BCUT2D eigenvalue weighted by molar-refractivity contribution is 5.82. The van der Waals surface area contributed by atoms with E-state index in [2.05, 4.69) is 48.3 Å². The molecule has 3 heterocycles. The molecule has 0 radical (unpaired) electrons. The number of benzene rings is 1. The van der Waals surface area contributed by atoms with Gasteiger partial charge in [-0.3, -0.25) is 4.98 Å². The zero-order valence-electron chi connectivity index (χ0n) is 18.4. The van der Waals surface area contributed by atoms with E-state index in [9.17, 15) is 0 Å². The zero-order valence-corrected chi connectivity index (χ0v) is 18.4. The van der Waals surface area contributed by atoms with Gasteiger partial charge in [0.05, 0.1) is 11.2 Å². The Labute approximate surface area is 184 Å². The van der Waals surface area contributed by atoms with Gasteiger partial charge in [-0.1, -0.05) is 31.2 Å². The molecule has 0 amide bonds. The number of ether oxygens (including phenoxy) is 1. The maximum atomic E-state index is 7.26. The second-order valence-electron chi connectivity index (χ2n) is 11.2. The molecule has 1 aromatic heterocycles. The first-order chi connectivity index (χ1) is 15.0. The Kier molecular flexibility index (Phi) is 3.65. The van der Waals surface area contributed by atoms with Gasteiger partial charge in [0.1, 0.15) is 0 Å². The second-order valence-corrected chi connectivity index (χ2v) is 11.2. The highest BCUT2D eigenvalue weighted by atomic mass is 16.5. The molecule has 1 saturated heterocycles.